The molecule has 1 aliphatic rings. The van der Waals surface area contributed by atoms with Crippen LogP contribution in [0.25, 0.3) is 0 Å². The number of rotatable bonds is 7. The van der Waals surface area contributed by atoms with E-state index >= 15 is 0 Å². The number of halogens is 1. The van der Waals surface area contributed by atoms with E-state index in [9.17, 15) is 5.11 Å². The lowest BCUT2D eigenvalue weighted by Crippen LogP contribution is -2.41. The fourth-order valence-electron chi connectivity index (χ4n) is 3.82. The van der Waals surface area contributed by atoms with Gasteiger partial charge in [-0.25, -0.2) is 0 Å². The van der Waals surface area contributed by atoms with Gasteiger partial charge in [-0.05, 0) is 69.3 Å². The fourth-order valence-corrected chi connectivity index (χ4v) is 3.82. The number of hydrogen-bond donors (Lipinski definition) is 1. The Bertz CT molecular complexity index is 684. The maximum Gasteiger partial charge on any atom is 0.122 e. The zero-order valence-corrected chi connectivity index (χ0v) is 17.3. The summed E-state index contributed by atoms with van der Waals surface area (Å²) in [6.07, 6.45) is 3.15. The maximum atomic E-state index is 10.3. The molecule has 1 atom stereocenters. The highest BCUT2D eigenvalue weighted by molar-refractivity contribution is 5.85. The van der Waals surface area contributed by atoms with Gasteiger partial charge in [-0.15, -0.1) is 12.4 Å². The van der Waals surface area contributed by atoms with E-state index in [1.54, 1.807) is 0 Å². The molecule has 0 bridgehead atoms. The van der Waals surface area contributed by atoms with Crippen molar-refractivity contribution in [2.75, 3.05) is 26.2 Å². The highest BCUT2D eigenvalue weighted by Crippen LogP contribution is 2.22. The highest BCUT2D eigenvalue weighted by Gasteiger charge is 2.21. The third kappa shape index (κ3) is 6.84. The average molecular weight is 390 g/mol. The van der Waals surface area contributed by atoms with Gasteiger partial charge >= 0.3 is 0 Å². The molecule has 1 aliphatic heterocycles. The van der Waals surface area contributed by atoms with Gasteiger partial charge in [-0.1, -0.05) is 48.0 Å². The predicted molar refractivity (Wildman–Crippen MR) is 114 cm³/mol. The normalized spacial score (nSPS) is 16.6. The van der Waals surface area contributed by atoms with Gasteiger partial charge in [-0.3, -0.25) is 0 Å². The molecule has 1 heterocycles. The van der Waals surface area contributed by atoms with E-state index in [0.717, 1.165) is 30.3 Å². The number of piperidine rings is 1. The average Bonchev–Trinajstić information content (AvgIpc) is 2.63. The summed E-state index contributed by atoms with van der Waals surface area (Å²) in [6, 6.07) is 16.9. The first-order valence-electron chi connectivity index (χ1n) is 9.74. The largest absolute Gasteiger partial charge is 0.491 e. The minimum atomic E-state index is -0.443. The van der Waals surface area contributed by atoms with E-state index in [-0.39, 0.29) is 12.4 Å². The molecule has 0 spiro atoms. The third-order valence-electron chi connectivity index (χ3n) is 5.30. The van der Waals surface area contributed by atoms with Crippen LogP contribution >= 0.6 is 12.4 Å². The second-order valence-corrected chi connectivity index (χ2v) is 7.67. The van der Waals surface area contributed by atoms with Crippen LogP contribution < -0.4 is 4.74 Å². The Morgan fingerprint density at radius 3 is 2.44 bits per heavy atom. The van der Waals surface area contributed by atoms with Gasteiger partial charge in [0.2, 0.25) is 0 Å². The first-order chi connectivity index (χ1) is 12.6. The monoisotopic (exact) mass is 389 g/mol. The molecule has 0 amide bonds. The van der Waals surface area contributed by atoms with Crippen molar-refractivity contribution in [1.82, 2.24) is 4.90 Å². The van der Waals surface area contributed by atoms with Crippen LogP contribution in [0.4, 0.5) is 0 Å². The lowest BCUT2D eigenvalue weighted by molar-refractivity contribution is 0.0549. The summed E-state index contributed by atoms with van der Waals surface area (Å²) in [7, 11) is 0. The van der Waals surface area contributed by atoms with E-state index in [1.165, 1.54) is 30.4 Å². The second-order valence-electron chi connectivity index (χ2n) is 7.67. The van der Waals surface area contributed by atoms with E-state index in [1.807, 2.05) is 19.1 Å². The van der Waals surface area contributed by atoms with Crippen LogP contribution in [0.5, 0.6) is 5.75 Å². The van der Waals surface area contributed by atoms with Gasteiger partial charge in [0, 0.05) is 6.54 Å². The first kappa shape index (κ1) is 21.7. The van der Waals surface area contributed by atoms with Crippen molar-refractivity contribution in [3.05, 3.63) is 65.2 Å². The van der Waals surface area contributed by atoms with Crippen LogP contribution in [0.15, 0.2) is 48.5 Å². The molecule has 2 aromatic carbocycles. The van der Waals surface area contributed by atoms with Gasteiger partial charge in [0.25, 0.3) is 0 Å². The zero-order valence-electron chi connectivity index (χ0n) is 16.4. The smallest absolute Gasteiger partial charge is 0.122 e. The Morgan fingerprint density at radius 2 is 1.78 bits per heavy atom. The number of nitrogens with zero attached hydrogens (tertiary/aromatic N) is 1. The molecule has 0 radical (unpaired) electrons. The molecule has 1 N–H and O–H groups in total. The number of likely N-dealkylation sites (tertiary alicyclic amines) is 1. The summed E-state index contributed by atoms with van der Waals surface area (Å²) in [4.78, 5) is 2.37. The number of benzene rings is 2. The molecule has 1 saturated heterocycles. The summed E-state index contributed by atoms with van der Waals surface area (Å²) in [6.45, 7) is 7.31. The lowest BCUT2D eigenvalue weighted by Gasteiger charge is -2.33. The maximum absolute atomic E-state index is 10.3. The Balaban J connectivity index is 0.00000261. The van der Waals surface area contributed by atoms with Crippen LogP contribution in [0.3, 0.4) is 0 Å². The molecule has 0 aromatic heterocycles. The minimum absolute atomic E-state index is 0. The standard InChI is InChI=1S/C23H31NO2.ClH/c1-18-8-9-23(19(2)14-18)26-17-22(25)16-24-12-10-21(11-13-24)15-20-6-4-3-5-7-20;/h3-9,14,21-22,25H,10-13,15-17H2,1-2H3;1H. The van der Waals surface area contributed by atoms with E-state index in [0.29, 0.717) is 13.2 Å². The summed E-state index contributed by atoms with van der Waals surface area (Å²) in [5, 5.41) is 10.3. The molecule has 0 aliphatic carbocycles. The number of aliphatic hydroxyl groups excluding tert-OH is 1. The third-order valence-corrected chi connectivity index (χ3v) is 5.30. The van der Waals surface area contributed by atoms with Crippen LogP contribution in [-0.2, 0) is 6.42 Å². The van der Waals surface area contributed by atoms with Crippen molar-refractivity contribution >= 4 is 12.4 Å². The van der Waals surface area contributed by atoms with Crippen molar-refractivity contribution in [2.24, 2.45) is 5.92 Å². The summed E-state index contributed by atoms with van der Waals surface area (Å²) >= 11 is 0. The lowest BCUT2D eigenvalue weighted by atomic mass is 9.90. The van der Waals surface area contributed by atoms with E-state index in [4.69, 9.17) is 4.74 Å². The van der Waals surface area contributed by atoms with Gasteiger partial charge < -0.3 is 14.7 Å². The summed E-state index contributed by atoms with van der Waals surface area (Å²) in [5.74, 6) is 1.63. The van der Waals surface area contributed by atoms with Crippen molar-refractivity contribution in [3.63, 3.8) is 0 Å². The van der Waals surface area contributed by atoms with Crippen LogP contribution in [0.2, 0.25) is 0 Å². The van der Waals surface area contributed by atoms with Gasteiger partial charge in [0.15, 0.2) is 0 Å². The summed E-state index contributed by atoms with van der Waals surface area (Å²) in [5.41, 5.74) is 3.79. The molecule has 3 nitrogen and oxygen atoms in total. The summed E-state index contributed by atoms with van der Waals surface area (Å²) < 4.78 is 5.82. The number of aryl methyl sites for hydroxylation is 2. The molecule has 148 valence electrons. The minimum Gasteiger partial charge on any atom is -0.491 e. The molecule has 27 heavy (non-hydrogen) atoms. The fraction of sp³-hybridized carbons (Fsp3) is 0.478. The molecule has 1 fully saturated rings. The Morgan fingerprint density at radius 1 is 1.07 bits per heavy atom. The predicted octanol–water partition coefficient (Wildman–Crippen LogP) is 4.42. The topological polar surface area (TPSA) is 32.7 Å². The van der Waals surface area contributed by atoms with Gasteiger partial charge in [-0.2, -0.15) is 0 Å². The molecule has 1 unspecified atom stereocenters. The highest BCUT2D eigenvalue weighted by atomic mass is 35.5. The number of aliphatic hydroxyl groups is 1. The number of β-amino-alcohol motifs (C(OH)–C–C–N with tert-alkyl or cyclic N) is 1. The van der Waals surface area contributed by atoms with Crippen LogP contribution in [-0.4, -0.2) is 42.4 Å². The first-order valence-corrected chi connectivity index (χ1v) is 9.74. The molecular formula is C23H32ClNO2. The Kier molecular flexibility index (Phi) is 8.62. The van der Waals surface area contributed by atoms with Crippen molar-refractivity contribution < 1.29 is 9.84 Å². The molecule has 2 aromatic rings. The van der Waals surface area contributed by atoms with Crippen molar-refractivity contribution in [1.29, 1.82) is 0 Å². The second kappa shape index (κ2) is 10.7. The number of ether oxygens (including phenoxy) is 1. The molecule has 3 rings (SSSR count). The quantitative estimate of drug-likeness (QED) is 0.760. The SMILES string of the molecule is Cc1ccc(OCC(O)CN2CCC(Cc3ccccc3)CC2)c(C)c1.Cl. The Labute approximate surface area is 169 Å². The van der Waals surface area contributed by atoms with Gasteiger partial charge in [0.05, 0.1) is 0 Å². The van der Waals surface area contributed by atoms with Crippen molar-refractivity contribution in [2.45, 2.75) is 39.2 Å². The molecular weight excluding hydrogens is 358 g/mol. The Hall–Kier alpha value is -1.55. The molecule has 4 heteroatoms. The zero-order chi connectivity index (χ0) is 18.4. The number of hydrogen-bond acceptors (Lipinski definition) is 3. The van der Waals surface area contributed by atoms with Gasteiger partial charge in [0.1, 0.15) is 18.5 Å². The van der Waals surface area contributed by atoms with Crippen molar-refractivity contribution in [3.8, 4) is 5.75 Å². The van der Waals surface area contributed by atoms with E-state index in [2.05, 4.69) is 48.2 Å². The van der Waals surface area contributed by atoms with Crippen LogP contribution in [0.1, 0.15) is 29.5 Å². The van der Waals surface area contributed by atoms with E-state index < -0.39 is 6.10 Å². The van der Waals surface area contributed by atoms with Crippen LogP contribution in [0, 0.1) is 19.8 Å². The molecule has 0 saturated carbocycles.